The number of benzene rings is 2. The lowest BCUT2D eigenvalue weighted by molar-refractivity contribution is -0.116. The van der Waals surface area contributed by atoms with Crippen molar-refractivity contribution < 1.29 is 22.7 Å². The van der Waals surface area contributed by atoms with Gasteiger partial charge in [0.2, 0.25) is 15.9 Å². The number of methoxy groups -OCH3 is 1. The van der Waals surface area contributed by atoms with Crippen LogP contribution in [-0.2, 0) is 14.8 Å². The van der Waals surface area contributed by atoms with E-state index in [1.165, 1.54) is 23.5 Å². The number of carbonyl (C=O) groups excluding carboxylic acids is 1. The summed E-state index contributed by atoms with van der Waals surface area (Å²) in [5, 5.41) is 2.77. The monoisotopic (exact) mass is 448 g/mol. The standard InChI is InChI=1S/C23H32N2O5S/c1-6-25(7-2)31(27,28)19-12-13-21(29-5)20(16-19)24-23(26)9-8-14-30-22-15-17(3)10-11-18(22)4/h10-13,15-16H,6-9,14H2,1-5H3,(H,24,26). The Kier molecular flexibility index (Phi) is 8.88. The summed E-state index contributed by atoms with van der Waals surface area (Å²) < 4.78 is 38.0. The predicted molar refractivity (Wildman–Crippen MR) is 122 cm³/mol. The highest BCUT2D eigenvalue weighted by atomic mass is 32.2. The second kappa shape index (κ2) is 11.2. The molecule has 0 radical (unpaired) electrons. The molecular formula is C23H32N2O5S. The number of nitrogens with one attached hydrogen (secondary N) is 1. The molecular weight excluding hydrogens is 416 g/mol. The molecule has 0 aliphatic carbocycles. The Labute approximate surface area is 185 Å². The normalized spacial score (nSPS) is 11.4. The van der Waals surface area contributed by atoms with E-state index in [1.807, 2.05) is 32.0 Å². The maximum atomic E-state index is 12.8. The second-order valence-electron chi connectivity index (χ2n) is 7.22. The summed E-state index contributed by atoms with van der Waals surface area (Å²) in [6.45, 7) is 8.70. The lowest BCUT2D eigenvalue weighted by Crippen LogP contribution is -2.30. The molecule has 0 fully saturated rings. The number of hydrogen-bond donors (Lipinski definition) is 1. The van der Waals surface area contributed by atoms with Crippen LogP contribution in [-0.4, -0.2) is 45.4 Å². The quantitative estimate of drug-likeness (QED) is 0.522. The molecule has 0 bridgehead atoms. The molecule has 0 saturated heterocycles. The minimum Gasteiger partial charge on any atom is -0.495 e. The molecule has 170 valence electrons. The van der Waals surface area contributed by atoms with E-state index in [0.717, 1.165) is 16.9 Å². The minimum absolute atomic E-state index is 0.116. The average Bonchev–Trinajstić information content (AvgIpc) is 2.74. The molecule has 0 aromatic heterocycles. The van der Waals surface area contributed by atoms with Crippen molar-refractivity contribution >= 4 is 21.6 Å². The summed E-state index contributed by atoms with van der Waals surface area (Å²) >= 11 is 0. The molecule has 31 heavy (non-hydrogen) atoms. The third kappa shape index (κ3) is 6.45. The Bertz CT molecular complexity index is 1000. The van der Waals surface area contributed by atoms with Crippen LogP contribution in [0.1, 0.15) is 37.8 Å². The number of aryl methyl sites for hydroxylation is 2. The number of anilines is 1. The van der Waals surface area contributed by atoms with Gasteiger partial charge in [0, 0.05) is 19.5 Å². The number of sulfonamides is 1. The third-order valence-corrected chi connectivity index (χ3v) is 6.98. The van der Waals surface area contributed by atoms with E-state index in [2.05, 4.69) is 5.32 Å². The van der Waals surface area contributed by atoms with Gasteiger partial charge < -0.3 is 14.8 Å². The number of hydrogen-bond acceptors (Lipinski definition) is 5. The maximum absolute atomic E-state index is 12.8. The maximum Gasteiger partial charge on any atom is 0.243 e. The summed E-state index contributed by atoms with van der Waals surface area (Å²) in [7, 11) is -2.16. The zero-order chi connectivity index (χ0) is 23.0. The molecule has 0 saturated carbocycles. The van der Waals surface area contributed by atoms with Crippen molar-refractivity contribution in [3.05, 3.63) is 47.5 Å². The number of nitrogens with zero attached hydrogens (tertiary/aromatic N) is 1. The fourth-order valence-corrected chi connectivity index (χ4v) is 4.63. The summed E-state index contributed by atoms with van der Waals surface area (Å²) in [5.41, 5.74) is 2.49. The van der Waals surface area contributed by atoms with Gasteiger partial charge >= 0.3 is 0 Å². The van der Waals surface area contributed by atoms with Crippen LogP contribution in [0.2, 0.25) is 0 Å². The third-order valence-electron chi connectivity index (χ3n) is 4.94. The summed E-state index contributed by atoms with van der Waals surface area (Å²) in [5.74, 6) is 0.982. The molecule has 0 unspecified atom stereocenters. The Morgan fingerprint density at radius 1 is 1.03 bits per heavy atom. The molecule has 0 spiro atoms. The van der Waals surface area contributed by atoms with Crippen LogP contribution in [0.4, 0.5) is 5.69 Å². The van der Waals surface area contributed by atoms with E-state index in [9.17, 15) is 13.2 Å². The SMILES string of the molecule is CCN(CC)S(=O)(=O)c1ccc(OC)c(NC(=O)CCCOc2cc(C)ccc2C)c1. The van der Waals surface area contributed by atoms with Crippen molar-refractivity contribution in [2.45, 2.75) is 45.4 Å². The molecule has 1 amide bonds. The molecule has 2 rings (SSSR count). The molecule has 2 aromatic carbocycles. The van der Waals surface area contributed by atoms with Crippen LogP contribution in [0.3, 0.4) is 0 Å². The fraction of sp³-hybridized carbons (Fsp3) is 0.435. The van der Waals surface area contributed by atoms with Crippen LogP contribution < -0.4 is 14.8 Å². The van der Waals surface area contributed by atoms with Crippen LogP contribution >= 0.6 is 0 Å². The van der Waals surface area contributed by atoms with Gasteiger partial charge in [-0.3, -0.25) is 4.79 Å². The lowest BCUT2D eigenvalue weighted by Gasteiger charge is -2.19. The summed E-state index contributed by atoms with van der Waals surface area (Å²) in [6.07, 6.45) is 0.764. The van der Waals surface area contributed by atoms with Crippen molar-refractivity contribution in [3.63, 3.8) is 0 Å². The highest BCUT2D eigenvalue weighted by Crippen LogP contribution is 2.29. The van der Waals surface area contributed by atoms with Crippen LogP contribution in [0.25, 0.3) is 0 Å². The molecule has 0 aliphatic heterocycles. The van der Waals surface area contributed by atoms with E-state index in [4.69, 9.17) is 9.47 Å². The Morgan fingerprint density at radius 2 is 1.74 bits per heavy atom. The molecule has 8 heteroatoms. The van der Waals surface area contributed by atoms with Gasteiger partial charge in [-0.15, -0.1) is 0 Å². The first kappa shape index (κ1) is 24.7. The van der Waals surface area contributed by atoms with Gasteiger partial charge in [-0.25, -0.2) is 8.42 Å². The Balaban J connectivity index is 2.02. The van der Waals surface area contributed by atoms with Gasteiger partial charge in [-0.05, 0) is 55.7 Å². The lowest BCUT2D eigenvalue weighted by atomic mass is 10.1. The number of carbonyl (C=O) groups is 1. The smallest absolute Gasteiger partial charge is 0.243 e. The molecule has 7 nitrogen and oxygen atoms in total. The first-order valence-electron chi connectivity index (χ1n) is 10.4. The van der Waals surface area contributed by atoms with Crippen molar-refractivity contribution in [3.8, 4) is 11.5 Å². The Morgan fingerprint density at radius 3 is 2.39 bits per heavy atom. The van der Waals surface area contributed by atoms with Crippen LogP contribution in [0.15, 0.2) is 41.3 Å². The molecule has 0 atom stereocenters. The van der Waals surface area contributed by atoms with Crippen LogP contribution in [0.5, 0.6) is 11.5 Å². The Hall–Kier alpha value is -2.58. The number of rotatable bonds is 11. The van der Waals surface area contributed by atoms with Crippen LogP contribution in [0, 0.1) is 13.8 Å². The van der Waals surface area contributed by atoms with Gasteiger partial charge in [0.25, 0.3) is 0 Å². The molecule has 0 heterocycles. The zero-order valence-electron chi connectivity index (χ0n) is 18.9. The van der Waals surface area contributed by atoms with E-state index >= 15 is 0 Å². The van der Waals surface area contributed by atoms with E-state index in [0.29, 0.717) is 37.6 Å². The highest BCUT2D eigenvalue weighted by Gasteiger charge is 2.23. The van der Waals surface area contributed by atoms with Crippen molar-refractivity contribution in [1.82, 2.24) is 4.31 Å². The van der Waals surface area contributed by atoms with Crippen molar-refractivity contribution in [2.75, 3.05) is 32.1 Å². The van der Waals surface area contributed by atoms with Crippen molar-refractivity contribution in [2.24, 2.45) is 0 Å². The first-order chi connectivity index (χ1) is 14.7. The zero-order valence-corrected chi connectivity index (χ0v) is 19.7. The number of amides is 1. The summed E-state index contributed by atoms with van der Waals surface area (Å²) in [4.78, 5) is 12.6. The second-order valence-corrected chi connectivity index (χ2v) is 9.16. The molecule has 1 N–H and O–H groups in total. The van der Waals surface area contributed by atoms with Gasteiger partial charge in [-0.2, -0.15) is 4.31 Å². The molecule has 0 aliphatic rings. The predicted octanol–water partition coefficient (Wildman–Crippen LogP) is 4.14. The average molecular weight is 449 g/mol. The van der Waals surface area contributed by atoms with E-state index in [-0.39, 0.29) is 17.2 Å². The number of ether oxygens (including phenoxy) is 2. The fourth-order valence-electron chi connectivity index (χ4n) is 3.15. The highest BCUT2D eigenvalue weighted by molar-refractivity contribution is 7.89. The molecule has 2 aromatic rings. The topological polar surface area (TPSA) is 84.9 Å². The van der Waals surface area contributed by atoms with Gasteiger partial charge in [0.15, 0.2) is 0 Å². The van der Waals surface area contributed by atoms with Gasteiger partial charge in [-0.1, -0.05) is 26.0 Å². The summed E-state index contributed by atoms with van der Waals surface area (Å²) in [6, 6.07) is 10.5. The first-order valence-corrected chi connectivity index (χ1v) is 11.8. The van der Waals surface area contributed by atoms with Crippen molar-refractivity contribution in [1.29, 1.82) is 0 Å². The van der Waals surface area contributed by atoms with Gasteiger partial charge in [0.05, 0.1) is 24.3 Å². The van der Waals surface area contributed by atoms with Gasteiger partial charge in [0.1, 0.15) is 11.5 Å². The largest absolute Gasteiger partial charge is 0.495 e. The minimum atomic E-state index is -3.64. The van der Waals surface area contributed by atoms with E-state index in [1.54, 1.807) is 19.9 Å². The van der Waals surface area contributed by atoms with E-state index < -0.39 is 10.0 Å².